The first kappa shape index (κ1) is 26.1. The van der Waals surface area contributed by atoms with Gasteiger partial charge in [0.05, 0.1) is 6.67 Å². The lowest BCUT2D eigenvalue weighted by molar-refractivity contribution is 0.261. The molecule has 0 aromatic heterocycles. The van der Waals surface area contributed by atoms with Gasteiger partial charge in [-0.1, -0.05) is 70.5 Å². The molecule has 5 heteroatoms. The lowest BCUT2D eigenvalue weighted by atomic mass is 9.87. The van der Waals surface area contributed by atoms with Crippen molar-refractivity contribution < 1.29 is 9.13 Å². The minimum atomic E-state index is -0.331. The van der Waals surface area contributed by atoms with E-state index < -0.39 is 0 Å². The van der Waals surface area contributed by atoms with Crippen molar-refractivity contribution in [1.29, 1.82) is 0 Å². The van der Waals surface area contributed by atoms with Gasteiger partial charge in [0.25, 0.3) is 0 Å². The molecular weight excluding hydrogens is 489 g/mol. The Morgan fingerprint density at radius 3 is 2.00 bits per heavy atom. The molecule has 0 saturated carbocycles. The van der Waals surface area contributed by atoms with Gasteiger partial charge in [0.2, 0.25) is 0 Å². The van der Waals surface area contributed by atoms with E-state index in [4.69, 9.17) is 4.74 Å². The maximum Gasteiger partial charge on any atom is 0.119 e. The van der Waals surface area contributed by atoms with Crippen LogP contribution in [0, 0.1) is 0 Å². The topological polar surface area (TPSA) is 12.5 Å². The summed E-state index contributed by atoms with van der Waals surface area (Å²) in [6.07, 6.45) is 1.17. The number of alkyl halides is 1. The molecule has 2 nitrogen and oxygen atoms in total. The Hall–Kier alpha value is -2.14. The molecule has 0 heterocycles. The molecule has 0 N–H and O–H groups in total. The molecule has 3 rings (SSSR count). The zero-order valence-electron chi connectivity index (χ0n) is 18.6. The standard InChI is InChI=1S/C27H29BrFNO.ClH/c1-30(2)19-20-31-25-16-12-23(13-17-25)27(22-10-14-24(28)15-11-22)26(9-6-18-29)21-7-4-3-5-8-21;/h3-5,7-8,10-17H,6,9,18-20H2,1-2H3;1H/b27-26-;. The largest absolute Gasteiger partial charge is 0.492 e. The smallest absolute Gasteiger partial charge is 0.119 e. The lowest BCUT2D eigenvalue weighted by Gasteiger charge is -2.18. The molecule has 0 saturated heterocycles. The van der Waals surface area contributed by atoms with Gasteiger partial charge in [0.1, 0.15) is 12.4 Å². The fourth-order valence-electron chi connectivity index (χ4n) is 3.49. The van der Waals surface area contributed by atoms with Crippen molar-refractivity contribution in [2.75, 3.05) is 33.9 Å². The highest BCUT2D eigenvalue weighted by atomic mass is 79.9. The summed E-state index contributed by atoms with van der Waals surface area (Å²) in [5.41, 5.74) is 5.62. The van der Waals surface area contributed by atoms with Crippen LogP contribution in [0.4, 0.5) is 4.39 Å². The van der Waals surface area contributed by atoms with Gasteiger partial charge in [-0.2, -0.15) is 0 Å². The summed E-state index contributed by atoms with van der Waals surface area (Å²) in [7, 11) is 4.06. The van der Waals surface area contributed by atoms with Crippen molar-refractivity contribution in [3.63, 3.8) is 0 Å². The monoisotopic (exact) mass is 517 g/mol. The molecule has 0 bridgehead atoms. The first-order valence-electron chi connectivity index (χ1n) is 10.6. The van der Waals surface area contributed by atoms with Gasteiger partial charge in [-0.25, -0.2) is 0 Å². The molecule has 0 aliphatic rings. The number of hydrogen-bond acceptors (Lipinski definition) is 2. The van der Waals surface area contributed by atoms with E-state index in [1.54, 1.807) is 0 Å². The maximum absolute atomic E-state index is 13.2. The second kappa shape index (κ2) is 13.4. The second-order valence-electron chi connectivity index (χ2n) is 7.70. The lowest BCUT2D eigenvalue weighted by Crippen LogP contribution is -2.19. The summed E-state index contributed by atoms with van der Waals surface area (Å²) >= 11 is 3.53. The molecule has 32 heavy (non-hydrogen) atoms. The SMILES string of the molecule is CN(C)CCOc1ccc(/C(=C(/CCCF)c2ccccc2)c2ccc(Br)cc2)cc1.Cl. The van der Waals surface area contributed by atoms with Gasteiger partial charge in [0.15, 0.2) is 0 Å². The molecule has 170 valence electrons. The number of allylic oxidation sites excluding steroid dienone is 1. The Morgan fingerprint density at radius 2 is 1.44 bits per heavy atom. The number of nitrogens with zero attached hydrogens (tertiary/aromatic N) is 1. The van der Waals surface area contributed by atoms with Crippen LogP contribution in [-0.4, -0.2) is 38.8 Å². The number of rotatable bonds is 10. The minimum Gasteiger partial charge on any atom is -0.492 e. The van der Waals surface area contributed by atoms with E-state index in [0.717, 1.165) is 44.6 Å². The summed E-state index contributed by atoms with van der Waals surface area (Å²) in [6.45, 7) is 1.18. The Kier molecular flexibility index (Phi) is 10.9. The van der Waals surface area contributed by atoms with Crippen LogP contribution in [0.25, 0.3) is 11.1 Å². The Morgan fingerprint density at radius 1 is 0.844 bits per heavy atom. The number of hydrogen-bond donors (Lipinski definition) is 0. The molecule has 3 aromatic rings. The summed E-state index contributed by atoms with van der Waals surface area (Å²) < 4.78 is 20.1. The molecular formula is C27H30BrClFNO. The fourth-order valence-corrected chi connectivity index (χ4v) is 3.76. The highest BCUT2D eigenvalue weighted by Gasteiger charge is 2.14. The Bertz CT molecular complexity index is 973. The van der Waals surface area contributed by atoms with Gasteiger partial charge < -0.3 is 9.64 Å². The molecule has 0 unspecified atom stereocenters. The van der Waals surface area contributed by atoms with Crippen LogP contribution < -0.4 is 4.74 Å². The fraction of sp³-hybridized carbons (Fsp3) is 0.259. The number of benzene rings is 3. The van der Waals surface area contributed by atoms with Crippen LogP contribution in [0.3, 0.4) is 0 Å². The van der Waals surface area contributed by atoms with Crippen molar-refractivity contribution in [2.24, 2.45) is 0 Å². The van der Waals surface area contributed by atoms with E-state index in [1.165, 1.54) is 0 Å². The second-order valence-corrected chi connectivity index (χ2v) is 8.61. The summed E-state index contributed by atoms with van der Waals surface area (Å²) in [6, 6.07) is 26.8. The van der Waals surface area contributed by atoms with Crippen LogP contribution >= 0.6 is 28.3 Å². The van der Waals surface area contributed by atoms with Crippen LogP contribution in [0.1, 0.15) is 29.5 Å². The minimum absolute atomic E-state index is 0. The third kappa shape index (κ3) is 7.47. The number of ether oxygens (including phenoxy) is 1. The Balaban J connectivity index is 0.00000363. The molecule has 0 fully saturated rings. The van der Waals surface area contributed by atoms with Gasteiger partial charge in [-0.05, 0) is 79.0 Å². The van der Waals surface area contributed by atoms with Crippen molar-refractivity contribution in [3.8, 4) is 5.75 Å². The normalized spacial score (nSPS) is 11.7. The van der Waals surface area contributed by atoms with E-state index in [9.17, 15) is 4.39 Å². The maximum atomic E-state index is 13.2. The number of halogens is 3. The third-order valence-electron chi connectivity index (χ3n) is 5.07. The van der Waals surface area contributed by atoms with Gasteiger partial charge in [-0.15, -0.1) is 12.4 Å². The van der Waals surface area contributed by atoms with Gasteiger partial charge >= 0.3 is 0 Å². The first-order valence-corrected chi connectivity index (χ1v) is 11.4. The van der Waals surface area contributed by atoms with Crippen LogP contribution in [0.15, 0.2) is 83.3 Å². The quantitative estimate of drug-likeness (QED) is 0.257. The van der Waals surface area contributed by atoms with Crippen LogP contribution in [0.2, 0.25) is 0 Å². The van der Waals surface area contributed by atoms with Gasteiger partial charge in [0, 0.05) is 11.0 Å². The molecule has 0 spiro atoms. The molecule has 3 aromatic carbocycles. The average molecular weight is 519 g/mol. The zero-order chi connectivity index (χ0) is 22.1. The first-order chi connectivity index (χ1) is 15.1. The molecule has 0 radical (unpaired) electrons. The van der Waals surface area contributed by atoms with Crippen LogP contribution in [-0.2, 0) is 0 Å². The van der Waals surface area contributed by atoms with Crippen molar-refractivity contribution in [1.82, 2.24) is 4.90 Å². The molecule has 0 aliphatic heterocycles. The predicted octanol–water partition coefficient (Wildman–Crippen LogP) is 7.52. The van der Waals surface area contributed by atoms with Crippen molar-refractivity contribution in [2.45, 2.75) is 12.8 Å². The number of likely N-dealkylation sites (N-methyl/N-ethyl adjacent to an activating group) is 1. The molecule has 0 aliphatic carbocycles. The van der Waals surface area contributed by atoms with E-state index in [0.29, 0.717) is 19.4 Å². The van der Waals surface area contributed by atoms with Crippen LogP contribution in [0.5, 0.6) is 5.75 Å². The summed E-state index contributed by atoms with van der Waals surface area (Å²) in [5, 5.41) is 0. The highest BCUT2D eigenvalue weighted by molar-refractivity contribution is 9.10. The molecule has 0 atom stereocenters. The summed E-state index contributed by atoms with van der Waals surface area (Å²) in [5.74, 6) is 0.853. The van der Waals surface area contributed by atoms with E-state index in [1.807, 2.05) is 56.6 Å². The third-order valence-corrected chi connectivity index (χ3v) is 5.60. The molecule has 0 amide bonds. The van der Waals surface area contributed by atoms with E-state index >= 15 is 0 Å². The summed E-state index contributed by atoms with van der Waals surface area (Å²) in [4.78, 5) is 2.10. The van der Waals surface area contributed by atoms with Crippen molar-refractivity contribution in [3.05, 3.63) is 100 Å². The zero-order valence-corrected chi connectivity index (χ0v) is 21.0. The van der Waals surface area contributed by atoms with Crippen molar-refractivity contribution >= 4 is 39.5 Å². The Labute approximate surface area is 205 Å². The van der Waals surface area contributed by atoms with Gasteiger partial charge in [-0.3, -0.25) is 4.39 Å². The van der Waals surface area contributed by atoms with E-state index in [-0.39, 0.29) is 19.1 Å². The highest BCUT2D eigenvalue weighted by Crippen LogP contribution is 2.36. The predicted molar refractivity (Wildman–Crippen MR) is 139 cm³/mol. The average Bonchev–Trinajstić information content (AvgIpc) is 2.79. The van der Waals surface area contributed by atoms with E-state index in [2.05, 4.69) is 57.2 Å².